The molecule has 0 atom stereocenters. The number of halogens is 3. The number of ether oxygens (including phenoxy) is 1. The van der Waals surface area contributed by atoms with Gasteiger partial charge in [0.25, 0.3) is 5.91 Å². The molecule has 0 unspecified atom stereocenters. The van der Waals surface area contributed by atoms with Crippen LogP contribution in [0.15, 0.2) is 40.0 Å². The number of nitriles is 1. The van der Waals surface area contributed by atoms with Gasteiger partial charge >= 0.3 is 6.18 Å². The number of hydrogen-bond acceptors (Lipinski definition) is 5. The number of aliphatic imine (C=N–C) groups is 2. The van der Waals surface area contributed by atoms with Crippen LogP contribution in [0.5, 0.6) is 5.75 Å². The number of likely N-dealkylation sites (tertiary alicyclic amines) is 1. The highest BCUT2D eigenvalue weighted by Crippen LogP contribution is 2.58. The summed E-state index contributed by atoms with van der Waals surface area (Å²) in [6, 6.07) is 4.70. The monoisotopic (exact) mass is 474 g/mol. The number of benzene rings is 1. The summed E-state index contributed by atoms with van der Waals surface area (Å²) in [5.41, 5.74) is -0.711. The average Bonchev–Trinajstić information content (AvgIpc) is 3.03. The van der Waals surface area contributed by atoms with Gasteiger partial charge in [0.15, 0.2) is 0 Å². The van der Waals surface area contributed by atoms with Gasteiger partial charge in [0.2, 0.25) is 0 Å². The van der Waals surface area contributed by atoms with Gasteiger partial charge in [-0.2, -0.15) is 18.4 Å². The third-order valence-electron chi connectivity index (χ3n) is 6.59. The first-order chi connectivity index (χ1) is 15.7. The predicted molar refractivity (Wildman–Crippen MR) is 124 cm³/mol. The summed E-state index contributed by atoms with van der Waals surface area (Å²) in [7, 11) is 1.63. The van der Waals surface area contributed by atoms with E-state index in [2.05, 4.69) is 9.98 Å². The standard InChI is InChI=1S/C25H29F3N4O2/c1-14(2)31-12-17-19(30-7)13-32(20(17)33)21-23(3,4)22(24(21,5)6)34-16-9-8-15(11-29)18(10-16)25(26,27)28/h8-10,12,21-22H,13H2,1-7H3/b17-12+,30-19-/t21-,22-. The number of hydrogen-bond donors (Lipinski definition) is 0. The van der Waals surface area contributed by atoms with Gasteiger partial charge in [-0.1, -0.05) is 27.7 Å². The normalized spacial score (nSPS) is 25.8. The van der Waals surface area contributed by atoms with Crippen molar-refractivity contribution in [2.24, 2.45) is 20.8 Å². The van der Waals surface area contributed by atoms with Crippen LogP contribution in [0.25, 0.3) is 0 Å². The van der Waals surface area contributed by atoms with Crippen molar-refractivity contribution in [3.63, 3.8) is 0 Å². The van der Waals surface area contributed by atoms with Crippen molar-refractivity contribution >= 4 is 17.3 Å². The lowest BCUT2D eigenvalue weighted by Crippen LogP contribution is -2.74. The number of amides is 1. The van der Waals surface area contributed by atoms with E-state index >= 15 is 0 Å². The van der Waals surface area contributed by atoms with Gasteiger partial charge in [0, 0.05) is 35.8 Å². The Morgan fingerprint density at radius 3 is 2.35 bits per heavy atom. The molecule has 0 N–H and O–H groups in total. The summed E-state index contributed by atoms with van der Waals surface area (Å²) in [5.74, 6) is -0.138. The summed E-state index contributed by atoms with van der Waals surface area (Å²) in [5, 5.41) is 9.04. The van der Waals surface area contributed by atoms with Crippen molar-refractivity contribution in [2.75, 3.05) is 13.6 Å². The van der Waals surface area contributed by atoms with Gasteiger partial charge in [0.1, 0.15) is 11.9 Å². The molecule has 1 aliphatic heterocycles. The first kappa shape index (κ1) is 25.5. The van der Waals surface area contributed by atoms with E-state index in [-0.39, 0.29) is 17.7 Å². The summed E-state index contributed by atoms with van der Waals surface area (Å²) >= 11 is 0. The van der Waals surface area contributed by atoms with Crippen molar-refractivity contribution in [2.45, 2.75) is 59.9 Å². The van der Waals surface area contributed by atoms with E-state index in [4.69, 9.17) is 10.00 Å². The third kappa shape index (κ3) is 4.22. The predicted octanol–water partition coefficient (Wildman–Crippen LogP) is 5.04. The quantitative estimate of drug-likeness (QED) is 0.453. The summed E-state index contributed by atoms with van der Waals surface area (Å²) in [6.07, 6.45) is -3.60. The van der Waals surface area contributed by atoms with Crippen LogP contribution >= 0.6 is 0 Å². The third-order valence-corrected chi connectivity index (χ3v) is 6.59. The molecule has 0 spiro atoms. The number of alkyl halides is 3. The minimum Gasteiger partial charge on any atom is -0.489 e. The number of carbonyl (C=O) groups excluding carboxylic acids is 1. The zero-order valence-corrected chi connectivity index (χ0v) is 20.4. The van der Waals surface area contributed by atoms with Crippen LogP contribution in [-0.2, 0) is 11.0 Å². The highest BCUT2D eigenvalue weighted by atomic mass is 19.4. The highest BCUT2D eigenvalue weighted by molar-refractivity contribution is 6.27. The zero-order valence-electron chi connectivity index (χ0n) is 20.4. The molecule has 34 heavy (non-hydrogen) atoms. The van der Waals surface area contributed by atoms with Gasteiger partial charge < -0.3 is 9.64 Å². The fourth-order valence-corrected chi connectivity index (χ4v) is 5.60. The summed E-state index contributed by atoms with van der Waals surface area (Å²) < 4.78 is 46.3. The van der Waals surface area contributed by atoms with E-state index < -0.39 is 34.2 Å². The number of carbonyl (C=O) groups is 1. The Morgan fingerprint density at radius 1 is 1.24 bits per heavy atom. The Kier molecular flexibility index (Phi) is 6.42. The van der Waals surface area contributed by atoms with Crippen molar-refractivity contribution in [1.82, 2.24) is 4.90 Å². The van der Waals surface area contributed by atoms with E-state index in [0.29, 0.717) is 17.8 Å². The first-order valence-electron chi connectivity index (χ1n) is 10.9. The van der Waals surface area contributed by atoms with Crippen molar-refractivity contribution in [3.05, 3.63) is 41.1 Å². The lowest BCUT2D eigenvalue weighted by atomic mass is 9.49. The van der Waals surface area contributed by atoms with E-state index in [1.54, 1.807) is 24.2 Å². The van der Waals surface area contributed by atoms with Crippen LogP contribution in [0.1, 0.15) is 52.7 Å². The molecular weight excluding hydrogens is 445 g/mol. The maximum absolute atomic E-state index is 13.4. The molecule has 9 heteroatoms. The maximum Gasteiger partial charge on any atom is 0.417 e. The second-order valence-corrected chi connectivity index (χ2v) is 10.1. The fourth-order valence-electron chi connectivity index (χ4n) is 5.60. The van der Waals surface area contributed by atoms with Gasteiger partial charge in [-0.05, 0) is 32.0 Å². The fraction of sp³-hybridized carbons (Fsp3) is 0.520. The van der Waals surface area contributed by atoms with Crippen LogP contribution in [0, 0.1) is 22.2 Å². The smallest absolute Gasteiger partial charge is 0.417 e. The molecule has 1 saturated carbocycles. The molecule has 6 nitrogen and oxygen atoms in total. The molecule has 1 aliphatic carbocycles. The van der Waals surface area contributed by atoms with Gasteiger partial charge in [0.05, 0.1) is 35.0 Å². The van der Waals surface area contributed by atoms with Crippen LogP contribution in [0.4, 0.5) is 13.2 Å². The van der Waals surface area contributed by atoms with Crippen molar-refractivity contribution in [3.8, 4) is 11.8 Å². The molecule has 0 bridgehead atoms. The van der Waals surface area contributed by atoms with E-state index in [9.17, 15) is 18.0 Å². The minimum atomic E-state index is -4.67. The molecule has 182 valence electrons. The van der Waals surface area contributed by atoms with Crippen molar-refractivity contribution < 1.29 is 22.7 Å². The maximum atomic E-state index is 13.4. The summed E-state index contributed by atoms with van der Waals surface area (Å²) in [6.45, 7) is 11.8. The van der Waals surface area contributed by atoms with E-state index in [0.717, 1.165) is 17.8 Å². The molecule has 1 amide bonds. The second-order valence-electron chi connectivity index (χ2n) is 10.1. The highest BCUT2D eigenvalue weighted by Gasteiger charge is 2.67. The Labute approximate surface area is 197 Å². The first-order valence-corrected chi connectivity index (χ1v) is 10.9. The minimum absolute atomic E-state index is 0.0350. The van der Waals surface area contributed by atoms with Crippen molar-refractivity contribution in [1.29, 1.82) is 5.26 Å². The lowest BCUT2D eigenvalue weighted by Gasteiger charge is -2.65. The van der Waals surface area contributed by atoms with Gasteiger partial charge in [-0.15, -0.1) is 0 Å². The molecule has 0 aromatic heterocycles. The Bertz CT molecular complexity index is 1120. The molecule has 1 saturated heterocycles. The van der Waals surface area contributed by atoms with Crippen LogP contribution in [0.3, 0.4) is 0 Å². The lowest BCUT2D eigenvalue weighted by molar-refractivity contribution is -0.206. The zero-order chi connectivity index (χ0) is 25.6. The SMILES string of the molecule is C/N=C1/CN([C@H]2C(C)(C)[C@H](Oc3ccc(C#N)c(C(F)(F)F)c3)C2(C)C)C(=O)/C1=C/N=C(C)C. The Balaban J connectivity index is 1.92. The summed E-state index contributed by atoms with van der Waals surface area (Å²) in [4.78, 5) is 23.6. The van der Waals surface area contributed by atoms with Crippen LogP contribution in [-0.4, -0.2) is 48.0 Å². The molecule has 1 aromatic rings. The molecule has 1 heterocycles. The van der Waals surface area contributed by atoms with Gasteiger partial charge in [-0.3, -0.25) is 14.8 Å². The molecule has 2 aliphatic rings. The number of nitrogens with zero attached hydrogens (tertiary/aromatic N) is 4. The van der Waals surface area contributed by atoms with E-state index in [1.807, 2.05) is 41.5 Å². The largest absolute Gasteiger partial charge is 0.489 e. The average molecular weight is 475 g/mol. The topological polar surface area (TPSA) is 78.0 Å². The van der Waals surface area contributed by atoms with E-state index in [1.165, 1.54) is 6.07 Å². The second kappa shape index (κ2) is 8.57. The molecule has 2 fully saturated rings. The molecule has 0 radical (unpaired) electrons. The van der Waals surface area contributed by atoms with Gasteiger partial charge in [-0.25, -0.2) is 0 Å². The van der Waals surface area contributed by atoms with Crippen LogP contribution in [0.2, 0.25) is 0 Å². The molecular formula is C25H29F3N4O2. The number of rotatable bonds is 4. The molecule has 1 aromatic carbocycles. The Hall–Kier alpha value is -3.15. The Morgan fingerprint density at radius 2 is 1.85 bits per heavy atom. The van der Waals surface area contributed by atoms with Crippen LogP contribution < -0.4 is 4.74 Å². The molecule has 3 rings (SSSR count).